The first-order chi connectivity index (χ1) is 20.7. The summed E-state index contributed by atoms with van der Waals surface area (Å²) < 4.78 is 11.8. The molecule has 1 aliphatic rings. The molecule has 9 heteroatoms. The third-order valence-electron chi connectivity index (χ3n) is 7.30. The Morgan fingerprint density at radius 1 is 0.930 bits per heavy atom. The van der Waals surface area contributed by atoms with Gasteiger partial charge in [-0.15, -0.1) is 0 Å². The molecule has 2 heterocycles. The number of aryl methyl sites for hydroxylation is 1. The summed E-state index contributed by atoms with van der Waals surface area (Å²) >= 11 is 18.8. The van der Waals surface area contributed by atoms with Crippen molar-refractivity contribution in [1.29, 1.82) is 0 Å². The van der Waals surface area contributed by atoms with E-state index in [0.29, 0.717) is 47.1 Å². The van der Waals surface area contributed by atoms with E-state index in [0.717, 1.165) is 46.9 Å². The minimum atomic E-state index is -0.00112. The van der Waals surface area contributed by atoms with Gasteiger partial charge in [-0.2, -0.15) is 0 Å². The van der Waals surface area contributed by atoms with Crippen LogP contribution in [-0.4, -0.2) is 46.9 Å². The summed E-state index contributed by atoms with van der Waals surface area (Å²) in [6.07, 6.45) is 3.28. The lowest BCUT2D eigenvalue weighted by molar-refractivity contribution is -0.127. The van der Waals surface area contributed by atoms with Gasteiger partial charge in [0.25, 0.3) is 0 Å². The lowest BCUT2D eigenvalue weighted by Gasteiger charge is -2.34. The first-order valence-electron chi connectivity index (χ1n) is 14.0. The lowest BCUT2D eigenvalue weighted by atomic mass is 10.0. The molecule has 1 aliphatic heterocycles. The molecule has 0 unspecified atom stereocenters. The molecule has 222 valence electrons. The predicted molar refractivity (Wildman–Crippen MR) is 173 cm³/mol. The van der Waals surface area contributed by atoms with Crippen molar-refractivity contribution in [2.75, 3.05) is 26.2 Å². The van der Waals surface area contributed by atoms with Crippen molar-refractivity contribution in [3.8, 4) is 17.4 Å². The summed E-state index contributed by atoms with van der Waals surface area (Å²) in [5, 5.41) is 1.83. The smallest absolute Gasteiger partial charge is 0.246 e. The van der Waals surface area contributed by atoms with Gasteiger partial charge in [0.05, 0.1) is 11.2 Å². The van der Waals surface area contributed by atoms with Gasteiger partial charge < -0.3 is 14.4 Å². The van der Waals surface area contributed by atoms with Crippen molar-refractivity contribution in [3.05, 3.63) is 122 Å². The molecule has 0 N–H and O–H groups in total. The van der Waals surface area contributed by atoms with Gasteiger partial charge in [0, 0.05) is 60.5 Å². The molecule has 0 aliphatic carbocycles. The highest BCUT2D eigenvalue weighted by Crippen LogP contribution is 2.35. The van der Waals surface area contributed by atoms with Crippen LogP contribution >= 0.6 is 34.8 Å². The van der Waals surface area contributed by atoms with E-state index < -0.39 is 0 Å². The van der Waals surface area contributed by atoms with E-state index in [4.69, 9.17) is 44.3 Å². The molecule has 0 radical (unpaired) electrons. The fourth-order valence-electron chi connectivity index (χ4n) is 4.82. The number of pyridine rings is 1. The molecule has 43 heavy (non-hydrogen) atoms. The minimum Gasteiger partial charge on any atom is -0.487 e. The van der Waals surface area contributed by atoms with Crippen molar-refractivity contribution in [1.82, 2.24) is 14.8 Å². The van der Waals surface area contributed by atoms with Crippen LogP contribution in [0.3, 0.4) is 0 Å². The third-order valence-corrected chi connectivity index (χ3v) is 8.20. The number of allylic oxidation sites excluding steroid dienone is 1. The number of piperazine rings is 1. The van der Waals surface area contributed by atoms with E-state index in [1.807, 2.05) is 79.4 Å². The number of halogens is 3. The Morgan fingerprint density at radius 3 is 2.35 bits per heavy atom. The summed E-state index contributed by atoms with van der Waals surface area (Å²) in [5.41, 5.74) is 4.64. The second-order valence-corrected chi connectivity index (χ2v) is 11.7. The zero-order valence-corrected chi connectivity index (χ0v) is 26.3. The normalized spacial score (nSPS) is 14.1. The second kappa shape index (κ2) is 14.3. The van der Waals surface area contributed by atoms with Crippen molar-refractivity contribution in [2.45, 2.75) is 27.0 Å². The molecule has 5 rings (SSSR count). The molecule has 6 nitrogen and oxygen atoms in total. The van der Waals surface area contributed by atoms with Crippen molar-refractivity contribution in [3.63, 3.8) is 0 Å². The first kappa shape index (κ1) is 30.9. The summed E-state index contributed by atoms with van der Waals surface area (Å²) in [5.74, 6) is 1.50. The van der Waals surface area contributed by atoms with Crippen LogP contribution in [0.15, 0.2) is 85.1 Å². The minimum absolute atomic E-state index is 0.00112. The fourth-order valence-corrected chi connectivity index (χ4v) is 5.44. The Kier molecular flexibility index (Phi) is 10.3. The number of aromatic nitrogens is 1. The number of nitrogens with zero attached hydrogens (tertiary/aromatic N) is 3. The van der Waals surface area contributed by atoms with Gasteiger partial charge in [-0.25, -0.2) is 4.98 Å². The van der Waals surface area contributed by atoms with Crippen molar-refractivity contribution >= 4 is 46.3 Å². The number of hydrogen-bond acceptors (Lipinski definition) is 5. The topological polar surface area (TPSA) is 54.9 Å². The molecular formula is C34H32Cl3N3O3. The van der Waals surface area contributed by atoms with Crippen molar-refractivity contribution < 1.29 is 14.3 Å². The maximum atomic E-state index is 13.1. The average Bonchev–Trinajstić information content (AvgIpc) is 3.00. The average molecular weight is 637 g/mol. The van der Waals surface area contributed by atoms with Gasteiger partial charge in [0.1, 0.15) is 12.4 Å². The number of benzene rings is 3. The fraction of sp³-hybridized carbons (Fsp3) is 0.235. The standard InChI is InChI=1S/C34H32Cl3N3O3/c1-23(18-33(41)40-15-13-39(14-16-40)21-25-7-9-28(35)10-8-25)27-17-24(2)34(31(37)19-27)43-32-12-11-29(20-38-32)42-22-26-5-3-4-6-30(26)36/h3-12,17-20H,13-16,21-22H2,1-2H3. The van der Waals surface area contributed by atoms with Crippen LogP contribution < -0.4 is 9.47 Å². The van der Waals surface area contributed by atoms with Crippen LogP contribution in [0.1, 0.15) is 29.2 Å². The summed E-state index contributed by atoms with van der Waals surface area (Å²) in [6, 6.07) is 22.7. The van der Waals surface area contributed by atoms with Crippen molar-refractivity contribution in [2.24, 2.45) is 0 Å². The molecule has 0 spiro atoms. The third kappa shape index (κ3) is 8.30. The molecule has 1 saturated heterocycles. The number of ether oxygens (including phenoxy) is 2. The van der Waals surface area contributed by atoms with E-state index in [1.165, 1.54) is 5.56 Å². The van der Waals surface area contributed by atoms with Gasteiger partial charge in [-0.3, -0.25) is 9.69 Å². The highest BCUT2D eigenvalue weighted by atomic mass is 35.5. The summed E-state index contributed by atoms with van der Waals surface area (Å²) in [4.78, 5) is 21.7. The number of rotatable bonds is 9. The molecule has 0 atom stereocenters. The first-order valence-corrected chi connectivity index (χ1v) is 15.1. The van der Waals surface area contributed by atoms with Crippen LogP contribution in [0.4, 0.5) is 0 Å². The summed E-state index contributed by atoms with van der Waals surface area (Å²) in [7, 11) is 0. The largest absolute Gasteiger partial charge is 0.487 e. The number of hydrogen-bond donors (Lipinski definition) is 0. The van der Waals surface area contributed by atoms with Crippen LogP contribution in [0, 0.1) is 6.92 Å². The number of carbonyl (C=O) groups excluding carboxylic acids is 1. The second-order valence-electron chi connectivity index (χ2n) is 10.5. The molecule has 0 saturated carbocycles. The molecule has 1 aromatic heterocycles. The molecule has 0 bridgehead atoms. The zero-order valence-electron chi connectivity index (χ0n) is 24.0. The van der Waals surface area contributed by atoms with Crippen LogP contribution in [0.25, 0.3) is 5.57 Å². The van der Waals surface area contributed by atoms with Gasteiger partial charge in [-0.1, -0.05) is 65.1 Å². The summed E-state index contributed by atoms with van der Waals surface area (Å²) in [6.45, 7) is 8.02. The Labute approximate surface area is 267 Å². The molecule has 1 amide bonds. The molecule has 4 aromatic rings. The highest BCUT2D eigenvalue weighted by molar-refractivity contribution is 6.32. The number of amides is 1. The lowest BCUT2D eigenvalue weighted by Crippen LogP contribution is -2.47. The quantitative estimate of drug-likeness (QED) is 0.173. The Balaban J connectivity index is 1.16. The van der Waals surface area contributed by atoms with Gasteiger partial charge in [0.2, 0.25) is 11.8 Å². The number of carbonyl (C=O) groups is 1. The molecular weight excluding hydrogens is 605 g/mol. The predicted octanol–water partition coefficient (Wildman–Crippen LogP) is 8.47. The van der Waals surface area contributed by atoms with Crippen LogP contribution in [0.2, 0.25) is 15.1 Å². The maximum absolute atomic E-state index is 13.1. The Morgan fingerprint density at radius 2 is 1.67 bits per heavy atom. The Bertz CT molecular complexity index is 1580. The maximum Gasteiger partial charge on any atom is 0.246 e. The van der Waals surface area contributed by atoms with E-state index in [9.17, 15) is 4.79 Å². The van der Waals surface area contributed by atoms with Gasteiger partial charge in [-0.05, 0) is 72.5 Å². The highest BCUT2D eigenvalue weighted by Gasteiger charge is 2.20. The Hall–Kier alpha value is -3.55. The van der Waals surface area contributed by atoms with Gasteiger partial charge >= 0.3 is 0 Å². The monoisotopic (exact) mass is 635 g/mol. The zero-order chi connectivity index (χ0) is 30.3. The van der Waals surface area contributed by atoms with E-state index >= 15 is 0 Å². The van der Waals surface area contributed by atoms with Crippen LogP contribution in [-0.2, 0) is 17.9 Å². The molecule has 3 aromatic carbocycles. The van der Waals surface area contributed by atoms with E-state index in [2.05, 4.69) is 9.88 Å². The van der Waals surface area contributed by atoms with Gasteiger partial charge in [0.15, 0.2) is 5.75 Å². The molecule has 1 fully saturated rings. The van der Waals surface area contributed by atoms with Crippen LogP contribution in [0.5, 0.6) is 17.4 Å². The van der Waals surface area contributed by atoms with E-state index in [1.54, 1.807) is 24.4 Å². The van der Waals surface area contributed by atoms with E-state index in [-0.39, 0.29) is 5.91 Å². The SMILES string of the molecule is CC(=CC(=O)N1CCN(Cc2ccc(Cl)cc2)CC1)c1cc(C)c(Oc2ccc(OCc3ccccc3Cl)cn2)c(Cl)c1.